The Bertz CT molecular complexity index is 1240. The van der Waals surface area contributed by atoms with Crippen molar-refractivity contribution in [2.75, 3.05) is 6.54 Å². The van der Waals surface area contributed by atoms with Crippen LogP contribution in [0.15, 0.2) is 77.7 Å². The Kier molecular flexibility index (Phi) is 6.96. The smallest absolute Gasteiger partial charge is 0.243 e. The van der Waals surface area contributed by atoms with Gasteiger partial charge in [-0.1, -0.05) is 71.8 Å². The second-order valence-corrected chi connectivity index (χ2v) is 10.7. The average molecular weight is 463 g/mol. The molecule has 0 fully saturated rings. The minimum absolute atomic E-state index is 0.0923. The third-order valence-corrected chi connectivity index (χ3v) is 7.93. The Hall–Kier alpha value is -2.96. The largest absolute Gasteiger partial charge is 0.348 e. The number of hydrogen-bond donors (Lipinski definition) is 1. The average Bonchev–Trinajstić information content (AvgIpc) is 2.79. The number of carbonyl (C=O) groups is 1. The third-order valence-electron chi connectivity index (χ3n) is 6.12. The van der Waals surface area contributed by atoms with Crippen LogP contribution >= 0.6 is 0 Å². The van der Waals surface area contributed by atoms with E-state index in [-0.39, 0.29) is 29.9 Å². The summed E-state index contributed by atoms with van der Waals surface area (Å²) >= 11 is 0. The Morgan fingerprint density at radius 3 is 2.48 bits per heavy atom. The first-order chi connectivity index (χ1) is 15.8. The van der Waals surface area contributed by atoms with Crippen LogP contribution in [0.5, 0.6) is 0 Å². The lowest BCUT2D eigenvalue weighted by atomic mass is 9.88. The van der Waals surface area contributed by atoms with E-state index in [1.54, 1.807) is 24.3 Å². The van der Waals surface area contributed by atoms with Crippen molar-refractivity contribution in [2.24, 2.45) is 0 Å². The number of sulfonamides is 1. The van der Waals surface area contributed by atoms with Gasteiger partial charge in [0, 0.05) is 6.54 Å². The van der Waals surface area contributed by atoms with Gasteiger partial charge >= 0.3 is 0 Å². The van der Waals surface area contributed by atoms with Gasteiger partial charge in [0.25, 0.3) is 0 Å². The van der Waals surface area contributed by atoms with Gasteiger partial charge in [-0.3, -0.25) is 4.79 Å². The van der Waals surface area contributed by atoms with E-state index in [4.69, 9.17) is 0 Å². The van der Waals surface area contributed by atoms with Crippen molar-refractivity contribution in [1.29, 1.82) is 0 Å². The predicted octanol–water partition coefficient (Wildman–Crippen LogP) is 4.69. The van der Waals surface area contributed by atoms with E-state index in [0.717, 1.165) is 41.5 Å². The molecule has 1 amide bonds. The first-order valence-corrected chi connectivity index (χ1v) is 12.8. The maximum atomic E-state index is 13.5. The normalized spacial score (nSPS) is 15.8. The highest BCUT2D eigenvalue weighted by atomic mass is 32.2. The van der Waals surface area contributed by atoms with Crippen molar-refractivity contribution in [3.05, 3.63) is 101 Å². The molecule has 0 saturated heterocycles. The number of aryl methyl sites for hydroxylation is 3. The summed E-state index contributed by atoms with van der Waals surface area (Å²) in [6.07, 6.45) is 2.85. The zero-order valence-corrected chi connectivity index (χ0v) is 19.9. The van der Waals surface area contributed by atoms with E-state index < -0.39 is 10.0 Å². The number of rotatable bonds is 7. The summed E-state index contributed by atoms with van der Waals surface area (Å²) in [6.45, 7) is 3.78. The van der Waals surface area contributed by atoms with Crippen LogP contribution in [0.4, 0.5) is 0 Å². The first kappa shape index (κ1) is 23.2. The van der Waals surface area contributed by atoms with Crippen molar-refractivity contribution in [2.45, 2.75) is 50.6 Å². The van der Waals surface area contributed by atoms with Gasteiger partial charge < -0.3 is 5.32 Å². The second-order valence-electron chi connectivity index (χ2n) is 8.79. The van der Waals surface area contributed by atoms with Gasteiger partial charge in [0.2, 0.25) is 15.9 Å². The van der Waals surface area contributed by atoms with E-state index in [1.807, 2.05) is 56.3 Å². The molecule has 5 nitrogen and oxygen atoms in total. The summed E-state index contributed by atoms with van der Waals surface area (Å²) in [4.78, 5) is 13.3. The van der Waals surface area contributed by atoms with E-state index >= 15 is 0 Å². The van der Waals surface area contributed by atoms with E-state index in [2.05, 4.69) is 11.4 Å². The number of nitrogens with one attached hydrogen (secondary N) is 1. The molecule has 0 aliphatic heterocycles. The highest BCUT2D eigenvalue weighted by Crippen LogP contribution is 2.29. The van der Waals surface area contributed by atoms with Crippen molar-refractivity contribution < 1.29 is 13.2 Å². The number of carbonyl (C=O) groups excluding carboxylic acids is 1. The number of hydrogen-bond acceptors (Lipinski definition) is 3. The fourth-order valence-electron chi connectivity index (χ4n) is 4.40. The summed E-state index contributed by atoms with van der Waals surface area (Å²) in [7, 11) is -3.85. The van der Waals surface area contributed by atoms with Crippen molar-refractivity contribution >= 4 is 15.9 Å². The molecule has 1 aliphatic carbocycles. The molecule has 172 valence electrons. The molecule has 3 aromatic carbocycles. The number of benzene rings is 3. The molecule has 0 bridgehead atoms. The third kappa shape index (κ3) is 5.52. The molecule has 1 atom stereocenters. The summed E-state index contributed by atoms with van der Waals surface area (Å²) in [5.41, 5.74) is 5.25. The molecular formula is C27H30N2O3S. The molecule has 6 heteroatoms. The minimum Gasteiger partial charge on any atom is -0.348 e. The Morgan fingerprint density at radius 1 is 0.970 bits per heavy atom. The molecule has 1 N–H and O–H groups in total. The number of amides is 1. The van der Waals surface area contributed by atoms with Crippen LogP contribution in [-0.4, -0.2) is 25.2 Å². The van der Waals surface area contributed by atoms with Crippen LogP contribution < -0.4 is 5.32 Å². The lowest BCUT2D eigenvalue weighted by Crippen LogP contribution is -2.42. The molecule has 3 aromatic rings. The molecule has 0 saturated carbocycles. The zero-order chi connectivity index (χ0) is 23.4. The molecule has 4 rings (SSSR count). The lowest BCUT2D eigenvalue weighted by Gasteiger charge is -2.28. The Morgan fingerprint density at radius 2 is 1.73 bits per heavy atom. The predicted molar refractivity (Wildman–Crippen MR) is 130 cm³/mol. The van der Waals surface area contributed by atoms with E-state index in [0.29, 0.717) is 0 Å². The van der Waals surface area contributed by atoms with E-state index in [1.165, 1.54) is 9.87 Å². The van der Waals surface area contributed by atoms with Crippen LogP contribution in [0.2, 0.25) is 0 Å². The summed E-state index contributed by atoms with van der Waals surface area (Å²) in [5.74, 6) is -0.292. The second kappa shape index (κ2) is 9.89. The fraction of sp³-hybridized carbons (Fsp3) is 0.296. The van der Waals surface area contributed by atoms with Crippen molar-refractivity contribution in [3.63, 3.8) is 0 Å². The van der Waals surface area contributed by atoms with Crippen LogP contribution in [0.1, 0.15) is 46.7 Å². The lowest BCUT2D eigenvalue weighted by molar-refractivity contribution is -0.122. The summed E-state index contributed by atoms with van der Waals surface area (Å²) < 4.78 is 28.3. The molecule has 0 aromatic heterocycles. The minimum atomic E-state index is -3.85. The highest BCUT2D eigenvalue weighted by molar-refractivity contribution is 7.89. The first-order valence-electron chi connectivity index (χ1n) is 11.3. The van der Waals surface area contributed by atoms with Gasteiger partial charge in [-0.2, -0.15) is 4.31 Å². The van der Waals surface area contributed by atoms with Crippen molar-refractivity contribution in [3.8, 4) is 0 Å². The maximum absolute atomic E-state index is 13.5. The highest BCUT2D eigenvalue weighted by Gasteiger charge is 2.29. The zero-order valence-electron chi connectivity index (χ0n) is 19.1. The summed E-state index contributed by atoms with van der Waals surface area (Å²) in [6, 6.07) is 22.5. The van der Waals surface area contributed by atoms with Crippen LogP contribution in [-0.2, 0) is 27.8 Å². The summed E-state index contributed by atoms with van der Waals surface area (Å²) in [5, 5.41) is 3.09. The fourth-order valence-corrected chi connectivity index (χ4v) is 5.79. The van der Waals surface area contributed by atoms with Gasteiger partial charge in [0.05, 0.1) is 17.5 Å². The van der Waals surface area contributed by atoms with Crippen LogP contribution in [0.3, 0.4) is 0 Å². The SMILES string of the molecule is Cc1ccc(S(=O)(=O)N(CC(=O)N[C@H]2CCCc3ccccc32)Cc2cccc(C)c2)cc1. The van der Waals surface area contributed by atoms with Gasteiger partial charge in [0.15, 0.2) is 0 Å². The number of nitrogens with zero attached hydrogens (tertiary/aromatic N) is 1. The van der Waals surface area contributed by atoms with Crippen molar-refractivity contribution in [1.82, 2.24) is 9.62 Å². The molecule has 0 spiro atoms. The quantitative estimate of drug-likeness (QED) is 0.554. The van der Waals surface area contributed by atoms with Gasteiger partial charge in [0.1, 0.15) is 0 Å². The van der Waals surface area contributed by atoms with E-state index in [9.17, 15) is 13.2 Å². The number of fused-ring (bicyclic) bond motifs is 1. The Labute approximate surface area is 196 Å². The molecule has 1 aliphatic rings. The monoisotopic (exact) mass is 462 g/mol. The maximum Gasteiger partial charge on any atom is 0.243 e. The Balaban J connectivity index is 1.58. The standard InChI is InChI=1S/C27H30N2O3S/c1-20-13-15-24(16-14-20)33(31,32)29(18-22-8-5-7-21(2)17-22)19-27(30)28-26-12-6-10-23-9-3-4-11-25(23)26/h3-5,7-9,11,13-17,26H,6,10,12,18-19H2,1-2H3,(H,28,30)/t26-/m0/s1. The van der Waals surface area contributed by atoms with Gasteiger partial charge in [-0.25, -0.2) is 8.42 Å². The topological polar surface area (TPSA) is 66.5 Å². The van der Waals surface area contributed by atoms with Crippen LogP contribution in [0, 0.1) is 13.8 Å². The van der Waals surface area contributed by atoms with Gasteiger partial charge in [-0.15, -0.1) is 0 Å². The van der Waals surface area contributed by atoms with Crippen LogP contribution in [0.25, 0.3) is 0 Å². The molecule has 33 heavy (non-hydrogen) atoms. The molecule has 0 heterocycles. The molecular weight excluding hydrogens is 432 g/mol. The molecule has 0 radical (unpaired) electrons. The van der Waals surface area contributed by atoms with Gasteiger partial charge in [-0.05, 0) is 61.9 Å². The molecule has 0 unspecified atom stereocenters.